The SMILES string of the molecule is Cc1ncsc1CNc1ccnc(F)c1. The summed E-state index contributed by atoms with van der Waals surface area (Å²) in [5.41, 5.74) is 3.55. The van der Waals surface area contributed by atoms with E-state index >= 15 is 0 Å². The molecule has 78 valence electrons. The zero-order valence-electron chi connectivity index (χ0n) is 8.20. The molecule has 0 aliphatic heterocycles. The first kappa shape index (κ1) is 10.0. The predicted octanol–water partition coefficient (Wildman–Crippen LogP) is 2.60. The first-order valence-electron chi connectivity index (χ1n) is 4.50. The Balaban J connectivity index is 2.02. The minimum absolute atomic E-state index is 0.471. The molecular formula is C10H10FN3S. The molecule has 2 heterocycles. The number of thiazole rings is 1. The van der Waals surface area contributed by atoms with Crippen LogP contribution in [0.5, 0.6) is 0 Å². The number of hydrogen-bond acceptors (Lipinski definition) is 4. The number of hydrogen-bond donors (Lipinski definition) is 1. The van der Waals surface area contributed by atoms with Crippen molar-refractivity contribution < 1.29 is 4.39 Å². The van der Waals surface area contributed by atoms with Crippen LogP contribution in [0.1, 0.15) is 10.6 Å². The number of rotatable bonds is 3. The Morgan fingerprint density at radius 2 is 2.33 bits per heavy atom. The number of nitrogens with zero attached hydrogens (tertiary/aromatic N) is 2. The zero-order valence-corrected chi connectivity index (χ0v) is 9.01. The third-order valence-corrected chi connectivity index (χ3v) is 2.96. The van der Waals surface area contributed by atoms with Gasteiger partial charge in [0.15, 0.2) is 0 Å². The summed E-state index contributed by atoms with van der Waals surface area (Å²) in [6.45, 7) is 2.63. The molecule has 2 rings (SSSR count). The molecule has 3 nitrogen and oxygen atoms in total. The maximum atomic E-state index is 12.8. The van der Waals surface area contributed by atoms with Crippen LogP contribution in [0.3, 0.4) is 0 Å². The molecule has 0 fully saturated rings. The van der Waals surface area contributed by atoms with Crippen molar-refractivity contribution in [1.82, 2.24) is 9.97 Å². The van der Waals surface area contributed by atoms with E-state index < -0.39 is 5.95 Å². The number of pyridine rings is 1. The van der Waals surface area contributed by atoms with E-state index in [0.29, 0.717) is 6.54 Å². The molecule has 0 radical (unpaired) electrons. The van der Waals surface area contributed by atoms with E-state index in [1.54, 1.807) is 22.9 Å². The molecule has 0 aliphatic rings. The van der Waals surface area contributed by atoms with Crippen LogP contribution in [0.25, 0.3) is 0 Å². The van der Waals surface area contributed by atoms with Crippen LogP contribution >= 0.6 is 11.3 Å². The van der Waals surface area contributed by atoms with Gasteiger partial charge in [0.05, 0.1) is 17.7 Å². The van der Waals surface area contributed by atoms with Gasteiger partial charge < -0.3 is 5.32 Å². The van der Waals surface area contributed by atoms with Crippen LogP contribution in [-0.2, 0) is 6.54 Å². The van der Waals surface area contributed by atoms with E-state index in [9.17, 15) is 4.39 Å². The molecule has 0 aliphatic carbocycles. The van der Waals surface area contributed by atoms with Gasteiger partial charge in [0.25, 0.3) is 0 Å². The highest BCUT2D eigenvalue weighted by atomic mass is 32.1. The average molecular weight is 223 g/mol. The van der Waals surface area contributed by atoms with E-state index in [4.69, 9.17) is 0 Å². The lowest BCUT2D eigenvalue weighted by Crippen LogP contribution is -1.99. The van der Waals surface area contributed by atoms with Crippen molar-refractivity contribution in [3.8, 4) is 0 Å². The molecule has 0 unspecified atom stereocenters. The number of halogens is 1. The maximum Gasteiger partial charge on any atom is 0.214 e. The van der Waals surface area contributed by atoms with Gasteiger partial charge in [-0.1, -0.05) is 0 Å². The lowest BCUT2D eigenvalue weighted by Gasteiger charge is -2.04. The fourth-order valence-electron chi connectivity index (χ4n) is 1.19. The molecular weight excluding hydrogens is 213 g/mol. The van der Waals surface area contributed by atoms with E-state index in [-0.39, 0.29) is 0 Å². The molecule has 0 amide bonds. The summed E-state index contributed by atoms with van der Waals surface area (Å²) in [5.74, 6) is -0.471. The molecule has 2 aromatic heterocycles. The van der Waals surface area contributed by atoms with Crippen molar-refractivity contribution in [3.63, 3.8) is 0 Å². The van der Waals surface area contributed by atoms with Crippen molar-refractivity contribution in [2.45, 2.75) is 13.5 Å². The van der Waals surface area contributed by atoms with Crippen molar-refractivity contribution in [1.29, 1.82) is 0 Å². The Morgan fingerprint density at radius 3 is 3.00 bits per heavy atom. The second kappa shape index (κ2) is 4.35. The summed E-state index contributed by atoms with van der Waals surface area (Å²) in [6.07, 6.45) is 1.44. The molecule has 0 bridgehead atoms. The Labute approximate surface area is 91.0 Å². The average Bonchev–Trinajstić information content (AvgIpc) is 2.61. The van der Waals surface area contributed by atoms with E-state index in [2.05, 4.69) is 15.3 Å². The third kappa shape index (κ3) is 2.50. The summed E-state index contributed by atoms with van der Waals surface area (Å²) < 4.78 is 12.8. The quantitative estimate of drug-likeness (QED) is 0.813. The number of aromatic nitrogens is 2. The lowest BCUT2D eigenvalue weighted by atomic mass is 10.3. The topological polar surface area (TPSA) is 37.8 Å². The zero-order chi connectivity index (χ0) is 10.7. The second-order valence-electron chi connectivity index (χ2n) is 3.08. The van der Waals surface area contributed by atoms with Crippen LogP contribution in [0.15, 0.2) is 23.8 Å². The minimum Gasteiger partial charge on any atom is -0.380 e. The lowest BCUT2D eigenvalue weighted by molar-refractivity contribution is 0.584. The predicted molar refractivity (Wildman–Crippen MR) is 58.4 cm³/mol. The fraction of sp³-hybridized carbons (Fsp3) is 0.200. The van der Waals surface area contributed by atoms with Gasteiger partial charge in [-0.3, -0.25) is 0 Å². The summed E-state index contributed by atoms with van der Waals surface area (Å²) in [7, 11) is 0. The number of anilines is 1. The van der Waals surface area contributed by atoms with Crippen LogP contribution < -0.4 is 5.32 Å². The van der Waals surface area contributed by atoms with Crippen LogP contribution in [-0.4, -0.2) is 9.97 Å². The highest BCUT2D eigenvalue weighted by Gasteiger charge is 2.01. The third-order valence-electron chi connectivity index (χ3n) is 2.02. The molecule has 0 spiro atoms. The second-order valence-corrected chi connectivity index (χ2v) is 4.02. The van der Waals surface area contributed by atoms with Crippen LogP contribution in [0.4, 0.5) is 10.1 Å². The van der Waals surface area contributed by atoms with Gasteiger partial charge in [0.2, 0.25) is 5.95 Å². The van der Waals surface area contributed by atoms with Crippen molar-refractivity contribution in [2.75, 3.05) is 5.32 Å². The summed E-state index contributed by atoms with van der Waals surface area (Å²) >= 11 is 1.59. The van der Waals surface area contributed by atoms with Crippen molar-refractivity contribution in [3.05, 3.63) is 40.4 Å². The van der Waals surface area contributed by atoms with Gasteiger partial charge in [-0.05, 0) is 13.0 Å². The smallest absolute Gasteiger partial charge is 0.214 e. The first-order chi connectivity index (χ1) is 7.25. The summed E-state index contributed by atoms with van der Waals surface area (Å²) in [6, 6.07) is 3.11. The Kier molecular flexibility index (Phi) is 2.91. The molecule has 0 atom stereocenters. The van der Waals surface area contributed by atoms with E-state index in [0.717, 1.165) is 16.3 Å². The van der Waals surface area contributed by atoms with E-state index in [1.807, 2.05) is 6.92 Å². The number of nitrogens with one attached hydrogen (secondary N) is 1. The summed E-state index contributed by atoms with van der Waals surface area (Å²) in [4.78, 5) is 8.78. The Morgan fingerprint density at radius 1 is 1.47 bits per heavy atom. The van der Waals surface area contributed by atoms with E-state index in [1.165, 1.54) is 12.3 Å². The monoisotopic (exact) mass is 223 g/mol. The molecule has 0 aromatic carbocycles. The van der Waals surface area contributed by atoms with Crippen molar-refractivity contribution in [2.24, 2.45) is 0 Å². The van der Waals surface area contributed by atoms with Crippen molar-refractivity contribution >= 4 is 17.0 Å². The standard InChI is InChI=1S/C10H10FN3S/c1-7-9(15-6-14-7)5-13-8-2-3-12-10(11)4-8/h2-4,6H,5H2,1H3,(H,12,13). The van der Waals surface area contributed by atoms with Crippen LogP contribution in [0.2, 0.25) is 0 Å². The normalized spacial score (nSPS) is 10.3. The van der Waals surface area contributed by atoms with Gasteiger partial charge in [-0.2, -0.15) is 4.39 Å². The minimum atomic E-state index is -0.471. The first-order valence-corrected chi connectivity index (χ1v) is 5.38. The largest absolute Gasteiger partial charge is 0.380 e. The van der Waals surface area contributed by atoms with Crippen LogP contribution in [0, 0.1) is 12.9 Å². The highest BCUT2D eigenvalue weighted by molar-refractivity contribution is 7.09. The molecule has 0 saturated heterocycles. The Hall–Kier alpha value is -1.49. The summed E-state index contributed by atoms with van der Waals surface area (Å²) in [5, 5.41) is 3.12. The van der Waals surface area contributed by atoms with Gasteiger partial charge in [0.1, 0.15) is 0 Å². The molecule has 2 aromatic rings. The van der Waals surface area contributed by atoms with Gasteiger partial charge in [0, 0.05) is 22.8 Å². The van der Waals surface area contributed by atoms with Gasteiger partial charge in [-0.15, -0.1) is 11.3 Å². The Bertz CT molecular complexity index is 455. The molecule has 15 heavy (non-hydrogen) atoms. The molecule has 0 saturated carbocycles. The van der Waals surface area contributed by atoms with Gasteiger partial charge in [-0.25, -0.2) is 9.97 Å². The molecule has 5 heteroatoms. The van der Waals surface area contributed by atoms with Gasteiger partial charge >= 0.3 is 0 Å². The number of aryl methyl sites for hydroxylation is 1. The maximum absolute atomic E-state index is 12.8. The fourth-order valence-corrected chi connectivity index (χ4v) is 1.91. The highest BCUT2D eigenvalue weighted by Crippen LogP contribution is 2.15. The molecule has 1 N–H and O–H groups in total.